The number of hydrogen-bond donors (Lipinski definition) is 2. The number of methoxy groups -OCH3 is 1. The normalized spacial score (nSPS) is 24.2. The molecule has 0 saturated carbocycles. The third-order valence-electron chi connectivity index (χ3n) is 4.92. The third-order valence-corrected chi connectivity index (χ3v) is 4.92. The highest BCUT2D eigenvalue weighted by Gasteiger charge is 2.39. The molecule has 0 aromatic heterocycles. The first-order valence-electron chi connectivity index (χ1n) is 8.36. The fraction of sp³-hybridized carbons (Fsp3) is 0.938. The van der Waals surface area contributed by atoms with Gasteiger partial charge in [0, 0.05) is 26.7 Å². The highest BCUT2D eigenvalue weighted by atomic mass is 35.5. The second-order valence-corrected chi connectivity index (χ2v) is 6.77. The molecule has 1 atom stereocenters. The molecular formula is C16H33Cl2N3O2. The summed E-state index contributed by atoms with van der Waals surface area (Å²) >= 11 is 0. The summed E-state index contributed by atoms with van der Waals surface area (Å²) < 4.78 is 5.32. The maximum Gasteiger partial charge on any atom is 0.228 e. The molecule has 138 valence electrons. The predicted octanol–water partition coefficient (Wildman–Crippen LogP) is 1.69. The van der Waals surface area contributed by atoms with Crippen molar-refractivity contribution >= 4 is 30.7 Å². The lowest BCUT2D eigenvalue weighted by Gasteiger charge is -2.36. The van der Waals surface area contributed by atoms with Gasteiger partial charge >= 0.3 is 0 Å². The molecule has 7 heteroatoms. The number of piperidine rings is 2. The van der Waals surface area contributed by atoms with Crippen molar-refractivity contribution in [2.75, 3.05) is 53.0 Å². The molecule has 0 spiro atoms. The van der Waals surface area contributed by atoms with E-state index in [1.807, 2.05) is 0 Å². The molecule has 0 aliphatic carbocycles. The van der Waals surface area contributed by atoms with Gasteiger partial charge in [-0.05, 0) is 51.2 Å². The van der Waals surface area contributed by atoms with E-state index in [-0.39, 0.29) is 36.1 Å². The maximum absolute atomic E-state index is 12.6. The Morgan fingerprint density at radius 3 is 2.65 bits per heavy atom. The number of hydrogen-bond acceptors (Lipinski definition) is 4. The van der Waals surface area contributed by atoms with Crippen LogP contribution in [0.4, 0.5) is 0 Å². The Kier molecular flexibility index (Phi) is 11.4. The smallest absolute Gasteiger partial charge is 0.228 e. The van der Waals surface area contributed by atoms with Gasteiger partial charge in [-0.3, -0.25) is 4.79 Å². The van der Waals surface area contributed by atoms with E-state index in [1.54, 1.807) is 7.11 Å². The second kappa shape index (κ2) is 11.5. The average molecular weight is 370 g/mol. The van der Waals surface area contributed by atoms with Crippen molar-refractivity contribution in [2.24, 2.45) is 11.3 Å². The Bertz CT molecular complexity index is 334. The SMILES string of the molecule is COCC1(C(=O)NCCN2CCCC(C)C2)CCNCC1.Cl.Cl. The number of halogens is 2. The molecule has 2 aliphatic heterocycles. The van der Waals surface area contributed by atoms with Gasteiger partial charge in [-0.25, -0.2) is 0 Å². The van der Waals surface area contributed by atoms with E-state index in [1.165, 1.54) is 25.9 Å². The van der Waals surface area contributed by atoms with Crippen LogP contribution in [0.25, 0.3) is 0 Å². The van der Waals surface area contributed by atoms with Crippen molar-refractivity contribution in [3.05, 3.63) is 0 Å². The van der Waals surface area contributed by atoms with E-state index >= 15 is 0 Å². The minimum atomic E-state index is -0.324. The van der Waals surface area contributed by atoms with Crippen LogP contribution in [0, 0.1) is 11.3 Å². The van der Waals surface area contributed by atoms with E-state index in [0.29, 0.717) is 6.61 Å². The first kappa shape index (κ1) is 22.9. The summed E-state index contributed by atoms with van der Waals surface area (Å²) in [7, 11) is 1.69. The van der Waals surface area contributed by atoms with Crippen LogP contribution < -0.4 is 10.6 Å². The number of nitrogens with one attached hydrogen (secondary N) is 2. The first-order valence-corrected chi connectivity index (χ1v) is 8.36. The topological polar surface area (TPSA) is 53.6 Å². The van der Waals surface area contributed by atoms with Crippen LogP contribution in [0.3, 0.4) is 0 Å². The number of nitrogens with zero attached hydrogens (tertiary/aromatic N) is 1. The van der Waals surface area contributed by atoms with E-state index in [4.69, 9.17) is 4.74 Å². The molecule has 0 bridgehead atoms. The van der Waals surface area contributed by atoms with Crippen LogP contribution in [0.15, 0.2) is 0 Å². The Labute approximate surface area is 153 Å². The molecule has 5 nitrogen and oxygen atoms in total. The fourth-order valence-corrected chi connectivity index (χ4v) is 3.62. The Morgan fingerprint density at radius 1 is 1.35 bits per heavy atom. The molecule has 0 aromatic rings. The van der Waals surface area contributed by atoms with Gasteiger partial charge < -0.3 is 20.3 Å². The number of likely N-dealkylation sites (tertiary alicyclic amines) is 1. The minimum absolute atomic E-state index is 0. The highest BCUT2D eigenvalue weighted by molar-refractivity contribution is 5.85. The van der Waals surface area contributed by atoms with Gasteiger partial charge in [0.05, 0.1) is 12.0 Å². The molecule has 0 radical (unpaired) electrons. The molecule has 2 saturated heterocycles. The van der Waals surface area contributed by atoms with E-state index < -0.39 is 0 Å². The molecule has 2 heterocycles. The van der Waals surface area contributed by atoms with Crippen molar-refractivity contribution in [3.63, 3.8) is 0 Å². The van der Waals surface area contributed by atoms with E-state index in [2.05, 4.69) is 22.5 Å². The van der Waals surface area contributed by atoms with Gasteiger partial charge in [0.25, 0.3) is 0 Å². The van der Waals surface area contributed by atoms with Gasteiger partial charge in [-0.15, -0.1) is 24.8 Å². The molecule has 2 fully saturated rings. The Hall–Kier alpha value is -0.0700. The molecule has 23 heavy (non-hydrogen) atoms. The van der Waals surface area contributed by atoms with Crippen LogP contribution in [0.2, 0.25) is 0 Å². The van der Waals surface area contributed by atoms with Crippen LogP contribution in [0.1, 0.15) is 32.6 Å². The van der Waals surface area contributed by atoms with Crippen LogP contribution >= 0.6 is 24.8 Å². The molecule has 2 N–H and O–H groups in total. The van der Waals surface area contributed by atoms with Gasteiger partial charge in [0.15, 0.2) is 0 Å². The molecule has 2 aliphatic rings. The maximum atomic E-state index is 12.6. The van der Waals surface area contributed by atoms with Crippen molar-refractivity contribution in [1.82, 2.24) is 15.5 Å². The lowest BCUT2D eigenvalue weighted by atomic mass is 9.78. The van der Waals surface area contributed by atoms with Crippen LogP contribution in [0.5, 0.6) is 0 Å². The molecule has 1 amide bonds. The van der Waals surface area contributed by atoms with Crippen LogP contribution in [-0.2, 0) is 9.53 Å². The summed E-state index contributed by atoms with van der Waals surface area (Å²) in [5, 5.41) is 6.47. The average Bonchev–Trinajstić information content (AvgIpc) is 2.48. The summed E-state index contributed by atoms with van der Waals surface area (Å²) in [6, 6.07) is 0. The van der Waals surface area contributed by atoms with Crippen molar-refractivity contribution < 1.29 is 9.53 Å². The monoisotopic (exact) mass is 369 g/mol. The molecule has 1 unspecified atom stereocenters. The quantitative estimate of drug-likeness (QED) is 0.747. The van der Waals surface area contributed by atoms with Gasteiger partial charge in [0.1, 0.15) is 0 Å². The highest BCUT2D eigenvalue weighted by Crippen LogP contribution is 2.29. The zero-order valence-corrected chi connectivity index (χ0v) is 16.1. The number of carbonyl (C=O) groups is 1. The number of amides is 1. The lowest BCUT2D eigenvalue weighted by Crippen LogP contribution is -2.51. The lowest BCUT2D eigenvalue weighted by molar-refractivity contribution is -0.136. The summed E-state index contributed by atoms with van der Waals surface area (Å²) in [5.74, 6) is 0.967. The number of carbonyl (C=O) groups excluding carboxylic acids is 1. The standard InChI is InChI=1S/C16H31N3O2.2ClH/c1-14-4-3-10-19(12-14)11-9-18-15(20)16(13-21-2)5-7-17-8-6-16;;/h14,17H,3-13H2,1-2H3,(H,18,20);2*1H. The zero-order valence-electron chi connectivity index (χ0n) is 14.4. The van der Waals surface area contributed by atoms with Crippen molar-refractivity contribution in [2.45, 2.75) is 32.6 Å². The van der Waals surface area contributed by atoms with E-state index in [9.17, 15) is 4.79 Å². The number of ether oxygens (including phenoxy) is 1. The third kappa shape index (κ3) is 6.75. The van der Waals surface area contributed by atoms with E-state index in [0.717, 1.165) is 44.9 Å². The summed E-state index contributed by atoms with van der Waals surface area (Å²) in [4.78, 5) is 15.1. The predicted molar refractivity (Wildman–Crippen MR) is 98.8 cm³/mol. The van der Waals surface area contributed by atoms with Crippen LogP contribution in [-0.4, -0.2) is 63.8 Å². The van der Waals surface area contributed by atoms with Crippen molar-refractivity contribution in [1.29, 1.82) is 0 Å². The Balaban J connectivity index is 0.00000242. The first-order chi connectivity index (χ1) is 10.2. The van der Waals surface area contributed by atoms with Gasteiger partial charge in [0.2, 0.25) is 5.91 Å². The summed E-state index contributed by atoms with van der Waals surface area (Å²) in [6.45, 7) is 8.72. The Morgan fingerprint density at radius 2 is 2.04 bits per heavy atom. The minimum Gasteiger partial charge on any atom is -0.384 e. The second-order valence-electron chi connectivity index (χ2n) is 6.77. The number of rotatable bonds is 6. The van der Waals surface area contributed by atoms with Gasteiger partial charge in [-0.2, -0.15) is 0 Å². The summed E-state index contributed by atoms with van der Waals surface area (Å²) in [6.07, 6.45) is 4.36. The molecule has 0 aromatic carbocycles. The van der Waals surface area contributed by atoms with Gasteiger partial charge in [-0.1, -0.05) is 6.92 Å². The molecular weight excluding hydrogens is 337 g/mol. The largest absolute Gasteiger partial charge is 0.384 e. The summed E-state index contributed by atoms with van der Waals surface area (Å²) in [5.41, 5.74) is -0.324. The van der Waals surface area contributed by atoms with Crippen molar-refractivity contribution in [3.8, 4) is 0 Å². The fourth-order valence-electron chi connectivity index (χ4n) is 3.62. The zero-order chi connectivity index (χ0) is 15.1. The molecule has 2 rings (SSSR count).